The number of piperidine rings is 1. The molecule has 2 unspecified atom stereocenters. The Bertz CT molecular complexity index is 448. The van der Waals surface area contributed by atoms with E-state index in [0.717, 1.165) is 17.8 Å². The van der Waals surface area contributed by atoms with Crippen LogP contribution in [0.4, 0.5) is 5.69 Å². The highest BCUT2D eigenvalue weighted by atomic mass is 16.1. The minimum atomic E-state index is 0.0838. The number of carbonyl (C=O) groups excluding carboxylic acids is 1. The Balaban J connectivity index is 1.81. The topological polar surface area (TPSA) is 58.4 Å². The van der Waals surface area contributed by atoms with Gasteiger partial charge in [-0.25, -0.2) is 0 Å². The lowest BCUT2D eigenvalue weighted by Crippen LogP contribution is -2.44. The molecule has 4 nitrogen and oxygen atoms in total. The fraction of sp³-hybridized carbons (Fsp3) is 0.588. The molecule has 0 bridgehead atoms. The lowest BCUT2D eigenvalue weighted by molar-refractivity contribution is -0.116. The molecular formula is C17H27N3O. The van der Waals surface area contributed by atoms with Crippen LogP contribution >= 0.6 is 0 Å². The maximum absolute atomic E-state index is 12.1. The second-order valence-electron chi connectivity index (χ2n) is 6.07. The summed E-state index contributed by atoms with van der Waals surface area (Å²) in [4.78, 5) is 14.5. The maximum atomic E-state index is 12.1. The van der Waals surface area contributed by atoms with E-state index in [-0.39, 0.29) is 5.91 Å². The van der Waals surface area contributed by atoms with Gasteiger partial charge in [-0.1, -0.05) is 18.6 Å². The SMILES string of the molecule is CC1CCCC(C)N1CCC(=O)Nc1ccc(CN)cc1. The summed E-state index contributed by atoms with van der Waals surface area (Å²) in [6.45, 7) is 5.90. The van der Waals surface area contributed by atoms with Gasteiger partial charge in [0.15, 0.2) is 0 Å². The smallest absolute Gasteiger partial charge is 0.225 e. The first-order valence-corrected chi connectivity index (χ1v) is 7.94. The van der Waals surface area contributed by atoms with E-state index < -0.39 is 0 Å². The van der Waals surface area contributed by atoms with Crippen molar-refractivity contribution in [3.8, 4) is 0 Å². The number of nitrogens with two attached hydrogens (primary N) is 1. The quantitative estimate of drug-likeness (QED) is 0.876. The zero-order valence-electron chi connectivity index (χ0n) is 13.1. The third-order valence-electron chi connectivity index (χ3n) is 4.45. The molecule has 21 heavy (non-hydrogen) atoms. The van der Waals surface area contributed by atoms with Gasteiger partial charge < -0.3 is 11.1 Å². The van der Waals surface area contributed by atoms with Gasteiger partial charge in [-0.05, 0) is 44.4 Å². The summed E-state index contributed by atoms with van der Waals surface area (Å²) in [5.74, 6) is 0.0838. The third kappa shape index (κ3) is 4.55. The Morgan fingerprint density at radius 1 is 1.24 bits per heavy atom. The summed E-state index contributed by atoms with van der Waals surface area (Å²) >= 11 is 0. The third-order valence-corrected chi connectivity index (χ3v) is 4.45. The average Bonchev–Trinajstić information content (AvgIpc) is 2.47. The van der Waals surface area contributed by atoms with Crippen molar-refractivity contribution in [3.63, 3.8) is 0 Å². The zero-order valence-corrected chi connectivity index (χ0v) is 13.1. The van der Waals surface area contributed by atoms with Crippen molar-refractivity contribution in [3.05, 3.63) is 29.8 Å². The van der Waals surface area contributed by atoms with Gasteiger partial charge in [0, 0.05) is 37.3 Å². The number of carbonyl (C=O) groups is 1. The number of nitrogens with zero attached hydrogens (tertiary/aromatic N) is 1. The summed E-state index contributed by atoms with van der Waals surface area (Å²) in [6, 6.07) is 8.89. The summed E-state index contributed by atoms with van der Waals surface area (Å²) < 4.78 is 0. The highest BCUT2D eigenvalue weighted by molar-refractivity contribution is 5.90. The van der Waals surface area contributed by atoms with E-state index in [1.54, 1.807) is 0 Å². The molecule has 1 fully saturated rings. The number of hydrogen-bond donors (Lipinski definition) is 2. The van der Waals surface area contributed by atoms with Crippen LogP contribution < -0.4 is 11.1 Å². The van der Waals surface area contributed by atoms with Crippen LogP contribution in [0.15, 0.2) is 24.3 Å². The minimum Gasteiger partial charge on any atom is -0.326 e. The van der Waals surface area contributed by atoms with Gasteiger partial charge in [0.2, 0.25) is 5.91 Å². The fourth-order valence-corrected chi connectivity index (χ4v) is 3.09. The number of hydrogen-bond acceptors (Lipinski definition) is 3. The minimum absolute atomic E-state index is 0.0838. The molecule has 1 saturated heterocycles. The van der Waals surface area contributed by atoms with Crippen molar-refractivity contribution in [2.45, 2.75) is 58.2 Å². The predicted molar refractivity (Wildman–Crippen MR) is 87.1 cm³/mol. The van der Waals surface area contributed by atoms with Gasteiger partial charge in [0.05, 0.1) is 0 Å². The van der Waals surface area contributed by atoms with Crippen molar-refractivity contribution < 1.29 is 4.79 Å². The second kappa shape index (κ2) is 7.57. The van der Waals surface area contributed by atoms with Crippen LogP contribution in [0, 0.1) is 0 Å². The molecule has 1 aromatic rings. The Hall–Kier alpha value is -1.39. The van der Waals surface area contributed by atoms with Gasteiger partial charge in [0.1, 0.15) is 0 Å². The number of amides is 1. The van der Waals surface area contributed by atoms with E-state index in [4.69, 9.17) is 5.73 Å². The molecule has 1 amide bonds. The van der Waals surface area contributed by atoms with Crippen molar-refractivity contribution in [2.75, 3.05) is 11.9 Å². The van der Waals surface area contributed by atoms with Crippen molar-refractivity contribution in [1.29, 1.82) is 0 Å². The Morgan fingerprint density at radius 3 is 2.43 bits per heavy atom. The first-order chi connectivity index (χ1) is 10.1. The molecule has 0 radical (unpaired) electrons. The molecule has 2 rings (SSSR count). The number of likely N-dealkylation sites (tertiary alicyclic amines) is 1. The van der Waals surface area contributed by atoms with E-state index >= 15 is 0 Å². The largest absolute Gasteiger partial charge is 0.326 e. The van der Waals surface area contributed by atoms with Crippen LogP contribution in [-0.4, -0.2) is 29.4 Å². The molecule has 4 heteroatoms. The lowest BCUT2D eigenvalue weighted by Gasteiger charge is -2.38. The fourth-order valence-electron chi connectivity index (χ4n) is 3.09. The first-order valence-electron chi connectivity index (χ1n) is 7.94. The predicted octanol–water partition coefficient (Wildman–Crippen LogP) is 2.74. The van der Waals surface area contributed by atoms with Crippen molar-refractivity contribution in [1.82, 2.24) is 4.90 Å². The van der Waals surface area contributed by atoms with Crippen LogP contribution in [0.3, 0.4) is 0 Å². The average molecular weight is 289 g/mol. The molecule has 0 spiro atoms. The second-order valence-corrected chi connectivity index (χ2v) is 6.07. The molecule has 0 saturated carbocycles. The van der Waals surface area contributed by atoms with E-state index in [1.807, 2.05) is 24.3 Å². The molecule has 116 valence electrons. The lowest BCUT2D eigenvalue weighted by atomic mass is 9.97. The van der Waals surface area contributed by atoms with Crippen molar-refractivity contribution >= 4 is 11.6 Å². The molecule has 1 aliphatic heterocycles. The van der Waals surface area contributed by atoms with Crippen molar-refractivity contribution in [2.24, 2.45) is 5.73 Å². The molecule has 1 aliphatic rings. The highest BCUT2D eigenvalue weighted by Gasteiger charge is 2.24. The molecule has 1 aromatic carbocycles. The van der Waals surface area contributed by atoms with Gasteiger partial charge in [-0.15, -0.1) is 0 Å². The summed E-state index contributed by atoms with van der Waals surface area (Å²) in [5, 5.41) is 2.96. The van der Waals surface area contributed by atoms with Gasteiger partial charge in [-0.3, -0.25) is 9.69 Å². The molecule has 0 aliphatic carbocycles. The molecule has 1 heterocycles. The monoisotopic (exact) mass is 289 g/mol. The van der Waals surface area contributed by atoms with Crippen LogP contribution in [0.25, 0.3) is 0 Å². The first kappa shape index (κ1) is 16.0. The Morgan fingerprint density at radius 2 is 1.86 bits per heavy atom. The maximum Gasteiger partial charge on any atom is 0.225 e. The Kier molecular flexibility index (Phi) is 5.76. The van der Waals surface area contributed by atoms with E-state index in [1.165, 1.54) is 19.3 Å². The van der Waals surface area contributed by atoms with E-state index in [2.05, 4.69) is 24.1 Å². The molecule has 3 N–H and O–H groups in total. The summed E-state index contributed by atoms with van der Waals surface area (Å²) in [5.41, 5.74) is 7.48. The number of benzene rings is 1. The van der Waals surface area contributed by atoms with E-state index in [0.29, 0.717) is 25.0 Å². The summed E-state index contributed by atoms with van der Waals surface area (Å²) in [6.07, 6.45) is 4.34. The van der Waals surface area contributed by atoms with Gasteiger partial charge >= 0.3 is 0 Å². The van der Waals surface area contributed by atoms with Crippen LogP contribution in [-0.2, 0) is 11.3 Å². The van der Waals surface area contributed by atoms with Gasteiger partial charge in [-0.2, -0.15) is 0 Å². The normalized spacial score (nSPS) is 23.0. The zero-order chi connectivity index (χ0) is 15.2. The number of nitrogens with one attached hydrogen (secondary N) is 1. The standard InChI is InChI=1S/C17H27N3O/c1-13-4-3-5-14(2)20(13)11-10-17(21)19-16-8-6-15(12-18)7-9-16/h6-9,13-14H,3-5,10-12,18H2,1-2H3,(H,19,21). The molecule has 0 aromatic heterocycles. The number of anilines is 1. The van der Waals surface area contributed by atoms with Crippen LogP contribution in [0.2, 0.25) is 0 Å². The van der Waals surface area contributed by atoms with E-state index in [9.17, 15) is 4.79 Å². The highest BCUT2D eigenvalue weighted by Crippen LogP contribution is 2.22. The van der Waals surface area contributed by atoms with Gasteiger partial charge in [0.25, 0.3) is 0 Å². The summed E-state index contributed by atoms with van der Waals surface area (Å²) in [7, 11) is 0. The molecular weight excluding hydrogens is 262 g/mol. The number of rotatable bonds is 5. The van der Waals surface area contributed by atoms with Crippen LogP contribution in [0.1, 0.15) is 45.1 Å². The Labute approximate surface area is 127 Å². The molecule has 2 atom stereocenters. The van der Waals surface area contributed by atoms with Crippen LogP contribution in [0.5, 0.6) is 0 Å².